The summed E-state index contributed by atoms with van der Waals surface area (Å²) in [6.45, 7) is 9.78. The molecule has 0 radical (unpaired) electrons. The standard InChI is InChI=1S/C20H29N7O/c1-15(2)27-18(28)12-25(13-20(27,3)4)19(21-5)22-11-17-24-23-14-26(17)16-9-7-6-8-10-16/h6-10,14-15H,11-13H2,1-5H3,(H,21,22). The van der Waals surface area contributed by atoms with Crippen molar-refractivity contribution in [1.29, 1.82) is 0 Å². The zero-order valence-electron chi connectivity index (χ0n) is 17.3. The highest BCUT2D eigenvalue weighted by Gasteiger charge is 2.40. The Labute approximate surface area is 166 Å². The van der Waals surface area contributed by atoms with Crippen LogP contribution in [0, 0.1) is 0 Å². The largest absolute Gasteiger partial charge is 0.349 e. The van der Waals surface area contributed by atoms with E-state index < -0.39 is 0 Å². The third-order valence-electron chi connectivity index (χ3n) is 4.91. The summed E-state index contributed by atoms with van der Waals surface area (Å²) in [4.78, 5) is 21.1. The topological polar surface area (TPSA) is 78.6 Å². The molecular weight excluding hydrogens is 354 g/mol. The Hall–Kier alpha value is -2.90. The molecule has 1 aliphatic rings. The minimum Gasteiger partial charge on any atom is -0.349 e. The van der Waals surface area contributed by atoms with Gasteiger partial charge in [-0.1, -0.05) is 18.2 Å². The lowest BCUT2D eigenvalue weighted by Crippen LogP contribution is -2.66. The minimum absolute atomic E-state index is 0.113. The van der Waals surface area contributed by atoms with Crippen LogP contribution in [0.1, 0.15) is 33.5 Å². The van der Waals surface area contributed by atoms with E-state index in [0.29, 0.717) is 25.6 Å². The predicted molar refractivity (Wildman–Crippen MR) is 109 cm³/mol. The van der Waals surface area contributed by atoms with Gasteiger partial charge in [-0.2, -0.15) is 0 Å². The number of nitrogens with one attached hydrogen (secondary N) is 1. The van der Waals surface area contributed by atoms with E-state index in [2.05, 4.69) is 48.2 Å². The summed E-state index contributed by atoms with van der Waals surface area (Å²) in [5, 5.41) is 11.6. The van der Waals surface area contributed by atoms with E-state index in [4.69, 9.17) is 0 Å². The second kappa shape index (κ2) is 8.00. The number of piperazine rings is 1. The maximum Gasteiger partial charge on any atom is 0.242 e. The summed E-state index contributed by atoms with van der Waals surface area (Å²) >= 11 is 0. The van der Waals surface area contributed by atoms with Crippen LogP contribution in [0.25, 0.3) is 5.69 Å². The monoisotopic (exact) mass is 383 g/mol. The van der Waals surface area contributed by atoms with Crippen LogP contribution in [0.4, 0.5) is 0 Å². The number of para-hydroxylation sites is 1. The van der Waals surface area contributed by atoms with Gasteiger partial charge in [-0.25, -0.2) is 0 Å². The maximum absolute atomic E-state index is 12.7. The normalized spacial score (nSPS) is 17.4. The number of benzene rings is 1. The number of hydrogen-bond acceptors (Lipinski definition) is 4. The molecule has 8 nitrogen and oxygen atoms in total. The molecule has 0 unspecified atom stereocenters. The Morgan fingerprint density at radius 3 is 2.61 bits per heavy atom. The SMILES string of the molecule is CN=C(NCc1nncn1-c1ccccc1)N1CC(=O)N(C(C)C)C(C)(C)C1. The number of rotatable bonds is 4. The molecule has 8 heteroatoms. The number of carbonyl (C=O) groups excluding carboxylic acids is 1. The molecule has 150 valence electrons. The highest BCUT2D eigenvalue weighted by atomic mass is 16.2. The van der Waals surface area contributed by atoms with Gasteiger partial charge in [0.05, 0.1) is 18.6 Å². The lowest BCUT2D eigenvalue weighted by Gasteiger charge is -2.49. The summed E-state index contributed by atoms with van der Waals surface area (Å²) in [7, 11) is 1.73. The number of aromatic nitrogens is 3. The molecule has 1 aromatic heterocycles. The zero-order chi connectivity index (χ0) is 20.3. The molecule has 1 saturated heterocycles. The maximum atomic E-state index is 12.7. The van der Waals surface area contributed by atoms with Crippen molar-refractivity contribution in [3.63, 3.8) is 0 Å². The van der Waals surface area contributed by atoms with Crippen LogP contribution >= 0.6 is 0 Å². The van der Waals surface area contributed by atoms with Crippen molar-refractivity contribution in [1.82, 2.24) is 29.9 Å². The van der Waals surface area contributed by atoms with Crippen LogP contribution in [0.15, 0.2) is 41.7 Å². The minimum atomic E-state index is -0.273. The number of aliphatic imine (C=N–C) groups is 1. The van der Waals surface area contributed by atoms with Gasteiger partial charge < -0.3 is 15.1 Å². The van der Waals surface area contributed by atoms with Crippen LogP contribution in [0.5, 0.6) is 0 Å². The fraction of sp³-hybridized carbons (Fsp3) is 0.500. The van der Waals surface area contributed by atoms with Gasteiger partial charge in [-0.05, 0) is 39.8 Å². The number of hydrogen-bond donors (Lipinski definition) is 1. The van der Waals surface area contributed by atoms with Crippen molar-refractivity contribution in [3.8, 4) is 5.69 Å². The second-order valence-corrected chi connectivity index (χ2v) is 7.88. The fourth-order valence-electron chi connectivity index (χ4n) is 3.99. The average Bonchev–Trinajstić information content (AvgIpc) is 3.10. The molecule has 1 aromatic carbocycles. The van der Waals surface area contributed by atoms with Gasteiger partial charge in [0.2, 0.25) is 5.91 Å². The molecule has 0 saturated carbocycles. The molecule has 0 aliphatic carbocycles. The number of carbonyl (C=O) groups is 1. The van der Waals surface area contributed by atoms with E-state index in [1.54, 1.807) is 13.4 Å². The first-order valence-electron chi connectivity index (χ1n) is 9.55. The Kier molecular flexibility index (Phi) is 5.67. The average molecular weight is 384 g/mol. The molecule has 0 spiro atoms. The number of guanidine groups is 1. The van der Waals surface area contributed by atoms with E-state index in [-0.39, 0.29) is 17.5 Å². The van der Waals surface area contributed by atoms with Crippen molar-refractivity contribution in [2.75, 3.05) is 20.1 Å². The number of amides is 1. The Balaban J connectivity index is 1.72. The molecular formula is C20H29N7O. The summed E-state index contributed by atoms with van der Waals surface area (Å²) in [5.74, 6) is 1.58. The van der Waals surface area contributed by atoms with Crippen molar-refractivity contribution in [2.24, 2.45) is 4.99 Å². The van der Waals surface area contributed by atoms with Gasteiger partial charge >= 0.3 is 0 Å². The number of nitrogens with zero attached hydrogens (tertiary/aromatic N) is 6. The molecule has 3 rings (SSSR count). The molecule has 2 heterocycles. The quantitative estimate of drug-likeness (QED) is 0.642. The van der Waals surface area contributed by atoms with Crippen LogP contribution in [-0.2, 0) is 11.3 Å². The Bertz CT molecular complexity index is 841. The third-order valence-corrected chi connectivity index (χ3v) is 4.91. The fourth-order valence-corrected chi connectivity index (χ4v) is 3.99. The molecule has 1 N–H and O–H groups in total. The van der Waals surface area contributed by atoms with Crippen LogP contribution < -0.4 is 5.32 Å². The van der Waals surface area contributed by atoms with Crippen LogP contribution in [0.2, 0.25) is 0 Å². The van der Waals surface area contributed by atoms with Gasteiger partial charge in [-0.3, -0.25) is 14.4 Å². The highest BCUT2D eigenvalue weighted by molar-refractivity contribution is 5.88. The first-order chi connectivity index (χ1) is 13.3. The van der Waals surface area contributed by atoms with E-state index in [1.165, 1.54) is 0 Å². The predicted octanol–water partition coefficient (Wildman–Crippen LogP) is 1.67. The van der Waals surface area contributed by atoms with Gasteiger partial charge in [0.1, 0.15) is 6.33 Å². The Morgan fingerprint density at radius 2 is 2.00 bits per heavy atom. The highest BCUT2D eigenvalue weighted by Crippen LogP contribution is 2.24. The molecule has 1 aliphatic heterocycles. The lowest BCUT2D eigenvalue weighted by atomic mass is 9.96. The van der Waals surface area contributed by atoms with E-state index >= 15 is 0 Å². The molecule has 1 amide bonds. The van der Waals surface area contributed by atoms with Gasteiger partial charge in [0.15, 0.2) is 11.8 Å². The third kappa shape index (κ3) is 4.00. The van der Waals surface area contributed by atoms with Gasteiger partial charge in [0.25, 0.3) is 0 Å². The molecule has 28 heavy (non-hydrogen) atoms. The van der Waals surface area contributed by atoms with Crippen molar-refractivity contribution in [3.05, 3.63) is 42.5 Å². The van der Waals surface area contributed by atoms with Crippen LogP contribution in [-0.4, -0.2) is 68.1 Å². The van der Waals surface area contributed by atoms with Gasteiger partial charge in [-0.15, -0.1) is 10.2 Å². The van der Waals surface area contributed by atoms with Crippen LogP contribution in [0.3, 0.4) is 0 Å². The van der Waals surface area contributed by atoms with Crippen molar-refractivity contribution < 1.29 is 4.79 Å². The van der Waals surface area contributed by atoms with E-state index in [0.717, 1.165) is 11.5 Å². The molecule has 1 fully saturated rings. The van der Waals surface area contributed by atoms with Gasteiger partial charge in [0, 0.05) is 25.3 Å². The first-order valence-corrected chi connectivity index (χ1v) is 9.55. The molecule has 0 bridgehead atoms. The Morgan fingerprint density at radius 1 is 1.29 bits per heavy atom. The lowest BCUT2D eigenvalue weighted by molar-refractivity contribution is -0.145. The molecule has 0 atom stereocenters. The van der Waals surface area contributed by atoms with Crippen molar-refractivity contribution >= 4 is 11.9 Å². The molecule has 2 aromatic rings. The first kappa shape index (κ1) is 19.9. The van der Waals surface area contributed by atoms with Crippen molar-refractivity contribution in [2.45, 2.75) is 45.8 Å². The summed E-state index contributed by atoms with van der Waals surface area (Å²) < 4.78 is 1.94. The second-order valence-electron chi connectivity index (χ2n) is 7.88. The summed E-state index contributed by atoms with van der Waals surface area (Å²) in [5.41, 5.74) is 0.728. The van der Waals surface area contributed by atoms with E-state index in [1.807, 2.05) is 44.7 Å². The smallest absolute Gasteiger partial charge is 0.242 e. The summed E-state index contributed by atoms with van der Waals surface area (Å²) in [6.07, 6.45) is 1.70. The summed E-state index contributed by atoms with van der Waals surface area (Å²) in [6, 6.07) is 10.1. The van der Waals surface area contributed by atoms with E-state index in [9.17, 15) is 4.79 Å². The zero-order valence-corrected chi connectivity index (χ0v) is 17.3.